The topological polar surface area (TPSA) is 80.9 Å². The molecular weight excluding hydrogens is 352 g/mol. The predicted molar refractivity (Wildman–Crippen MR) is 113 cm³/mol. The van der Waals surface area contributed by atoms with Gasteiger partial charge in [-0.05, 0) is 79.5 Å². The van der Waals surface area contributed by atoms with Crippen molar-refractivity contribution in [2.45, 2.75) is 71.1 Å². The molecule has 0 aromatic heterocycles. The summed E-state index contributed by atoms with van der Waals surface area (Å²) in [5.41, 5.74) is 1.76. The lowest BCUT2D eigenvalue weighted by atomic mass is 9.83. The molecule has 0 unspecified atom stereocenters. The van der Waals surface area contributed by atoms with Gasteiger partial charge in [0.2, 0.25) is 0 Å². The highest BCUT2D eigenvalue weighted by Crippen LogP contribution is 2.38. The van der Waals surface area contributed by atoms with Gasteiger partial charge in [-0.1, -0.05) is 39.5 Å². The van der Waals surface area contributed by atoms with E-state index in [0.29, 0.717) is 17.6 Å². The number of rotatable bonds is 5. The SMILES string of the molecule is CC(C)CCCc1cc(O)ccc1O.Oc1ccc(O)c(C2CCCCC2)c1. The Labute approximate surface area is 168 Å². The Morgan fingerprint density at radius 1 is 0.821 bits per heavy atom. The average molecular weight is 387 g/mol. The van der Waals surface area contributed by atoms with Crippen molar-refractivity contribution >= 4 is 0 Å². The fourth-order valence-corrected chi connectivity index (χ4v) is 3.76. The van der Waals surface area contributed by atoms with Crippen LogP contribution in [0.2, 0.25) is 0 Å². The van der Waals surface area contributed by atoms with Crippen LogP contribution in [-0.2, 0) is 6.42 Å². The quantitative estimate of drug-likeness (QED) is 0.460. The van der Waals surface area contributed by atoms with Gasteiger partial charge in [0.15, 0.2) is 0 Å². The predicted octanol–water partition coefficient (Wildman–Crippen LogP) is 6.22. The summed E-state index contributed by atoms with van der Waals surface area (Å²) < 4.78 is 0. The lowest BCUT2D eigenvalue weighted by Gasteiger charge is -2.22. The zero-order chi connectivity index (χ0) is 20.5. The van der Waals surface area contributed by atoms with Crippen molar-refractivity contribution in [3.63, 3.8) is 0 Å². The standard InChI is InChI=1S/C12H16O2.C12H18O2/c13-10-6-7-12(14)11(8-10)9-4-2-1-3-5-9;1-9(2)4-3-5-10-8-11(13)6-7-12(10)14/h6-9,13-14H,1-5H2;6-9,13-14H,3-5H2,1-2H3. The first-order valence-corrected chi connectivity index (χ1v) is 10.4. The summed E-state index contributed by atoms with van der Waals surface area (Å²) in [7, 11) is 0. The number of hydrogen-bond donors (Lipinski definition) is 4. The molecule has 2 aromatic rings. The van der Waals surface area contributed by atoms with E-state index in [2.05, 4.69) is 13.8 Å². The monoisotopic (exact) mass is 386 g/mol. The lowest BCUT2D eigenvalue weighted by molar-refractivity contribution is 0.409. The molecule has 4 nitrogen and oxygen atoms in total. The van der Waals surface area contributed by atoms with E-state index < -0.39 is 0 Å². The third-order valence-corrected chi connectivity index (χ3v) is 5.35. The molecule has 1 aliphatic rings. The Kier molecular flexibility index (Phi) is 8.49. The normalized spacial score (nSPS) is 14.5. The van der Waals surface area contributed by atoms with E-state index in [1.165, 1.54) is 31.4 Å². The molecule has 0 heterocycles. The molecule has 0 atom stereocenters. The Hall–Kier alpha value is -2.36. The maximum atomic E-state index is 9.68. The summed E-state index contributed by atoms with van der Waals surface area (Å²) in [5.74, 6) is 2.22. The van der Waals surface area contributed by atoms with Crippen molar-refractivity contribution in [1.82, 2.24) is 0 Å². The van der Waals surface area contributed by atoms with Crippen LogP contribution < -0.4 is 0 Å². The molecule has 0 spiro atoms. The molecule has 3 rings (SSSR count). The Balaban J connectivity index is 0.000000200. The minimum absolute atomic E-state index is 0.224. The summed E-state index contributed by atoms with van der Waals surface area (Å²) in [6.45, 7) is 4.37. The molecule has 1 saturated carbocycles. The fraction of sp³-hybridized carbons (Fsp3) is 0.500. The Morgan fingerprint density at radius 2 is 1.43 bits per heavy atom. The average Bonchev–Trinajstić information content (AvgIpc) is 2.67. The van der Waals surface area contributed by atoms with Crippen LogP contribution in [0.25, 0.3) is 0 Å². The van der Waals surface area contributed by atoms with Gasteiger partial charge in [-0.2, -0.15) is 0 Å². The van der Waals surface area contributed by atoms with Gasteiger partial charge in [0.05, 0.1) is 0 Å². The second-order valence-electron chi connectivity index (χ2n) is 8.18. The molecular formula is C24H34O4. The number of hydrogen-bond acceptors (Lipinski definition) is 4. The largest absolute Gasteiger partial charge is 0.508 e. The van der Waals surface area contributed by atoms with Gasteiger partial charge in [-0.15, -0.1) is 0 Å². The highest BCUT2D eigenvalue weighted by Gasteiger charge is 2.18. The van der Waals surface area contributed by atoms with E-state index in [1.807, 2.05) is 0 Å². The van der Waals surface area contributed by atoms with Crippen molar-refractivity contribution in [3.8, 4) is 23.0 Å². The highest BCUT2D eigenvalue weighted by atomic mass is 16.3. The highest BCUT2D eigenvalue weighted by molar-refractivity contribution is 5.41. The first kappa shape index (κ1) is 21.9. The molecule has 2 aromatic carbocycles. The third-order valence-electron chi connectivity index (χ3n) is 5.35. The van der Waals surface area contributed by atoms with Crippen LogP contribution in [0.1, 0.15) is 75.8 Å². The number of phenolic OH excluding ortho intramolecular Hbond substituents is 4. The lowest BCUT2D eigenvalue weighted by Crippen LogP contribution is -2.04. The maximum absolute atomic E-state index is 9.68. The molecule has 28 heavy (non-hydrogen) atoms. The van der Waals surface area contributed by atoms with Crippen molar-refractivity contribution in [1.29, 1.82) is 0 Å². The number of aryl methyl sites for hydroxylation is 1. The Morgan fingerprint density at radius 3 is 2.07 bits per heavy atom. The van der Waals surface area contributed by atoms with Crippen LogP contribution in [-0.4, -0.2) is 20.4 Å². The van der Waals surface area contributed by atoms with Gasteiger partial charge < -0.3 is 20.4 Å². The van der Waals surface area contributed by atoms with Gasteiger partial charge in [0.1, 0.15) is 23.0 Å². The molecule has 1 aliphatic carbocycles. The van der Waals surface area contributed by atoms with Gasteiger partial charge in [-0.3, -0.25) is 0 Å². The van der Waals surface area contributed by atoms with Gasteiger partial charge in [0, 0.05) is 5.56 Å². The molecule has 0 radical (unpaired) electrons. The minimum Gasteiger partial charge on any atom is -0.508 e. The van der Waals surface area contributed by atoms with Gasteiger partial charge in [0.25, 0.3) is 0 Å². The Bertz CT molecular complexity index is 733. The summed E-state index contributed by atoms with van der Waals surface area (Å²) in [5, 5.41) is 37.8. The van der Waals surface area contributed by atoms with Crippen LogP contribution in [0.15, 0.2) is 36.4 Å². The van der Waals surface area contributed by atoms with Crippen LogP contribution in [0.4, 0.5) is 0 Å². The molecule has 154 valence electrons. The summed E-state index contributed by atoms with van der Waals surface area (Å²) in [6, 6.07) is 9.49. The zero-order valence-electron chi connectivity index (χ0n) is 17.1. The van der Waals surface area contributed by atoms with Crippen molar-refractivity contribution < 1.29 is 20.4 Å². The fourth-order valence-electron chi connectivity index (χ4n) is 3.76. The van der Waals surface area contributed by atoms with E-state index in [-0.39, 0.29) is 17.2 Å². The van der Waals surface area contributed by atoms with Crippen molar-refractivity contribution in [2.75, 3.05) is 0 Å². The molecule has 4 N–H and O–H groups in total. The molecule has 1 fully saturated rings. The van der Waals surface area contributed by atoms with E-state index in [4.69, 9.17) is 0 Å². The molecule has 0 amide bonds. The van der Waals surface area contributed by atoms with E-state index in [1.54, 1.807) is 24.3 Å². The summed E-state index contributed by atoms with van der Waals surface area (Å²) >= 11 is 0. The summed E-state index contributed by atoms with van der Waals surface area (Å²) in [4.78, 5) is 0. The first-order chi connectivity index (χ1) is 13.4. The van der Waals surface area contributed by atoms with Crippen molar-refractivity contribution in [3.05, 3.63) is 47.5 Å². The second-order valence-corrected chi connectivity index (χ2v) is 8.18. The van der Waals surface area contributed by atoms with E-state index in [0.717, 1.165) is 43.2 Å². The summed E-state index contributed by atoms with van der Waals surface area (Å²) in [6.07, 6.45) is 9.08. The van der Waals surface area contributed by atoms with Crippen LogP contribution in [0.5, 0.6) is 23.0 Å². The van der Waals surface area contributed by atoms with Crippen LogP contribution in [0.3, 0.4) is 0 Å². The smallest absolute Gasteiger partial charge is 0.119 e. The molecule has 0 bridgehead atoms. The van der Waals surface area contributed by atoms with Gasteiger partial charge in [-0.25, -0.2) is 0 Å². The molecule has 4 heteroatoms. The zero-order valence-corrected chi connectivity index (χ0v) is 17.1. The number of phenols is 4. The number of benzene rings is 2. The third kappa shape index (κ3) is 6.99. The van der Waals surface area contributed by atoms with Crippen molar-refractivity contribution in [2.24, 2.45) is 5.92 Å². The van der Waals surface area contributed by atoms with Crippen LogP contribution >= 0.6 is 0 Å². The molecule has 0 aliphatic heterocycles. The molecule has 0 saturated heterocycles. The minimum atomic E-state index is 0.224. The van der Waals surface area contributed by atoms with Crippen LogP contribution in [0, 0.1) is 5.92 Å². The second kappa shape index (κ2) is 10.8. The van der Waals surface area contributed by atoms with Gasteiger partial charge >= 0.3 is 0 Å². The number of aromatic hydroxyl groups is 4. The van der Waals surface area contributed by atoms with E-state index in [9.17, 15) is 20.4 Å². The first-order valence-electron chi connectivity index (χ1n) is 10.4. The maximum Gasteiger partial charge on any atom is 0.119 e. The van der Waals surface area contributed by atoms with E-state index >= 15 is 0 Å².